The van der Waals surface area contributed by atoms with E-state index in [1.165, 1.54) is 6.42 Å². The quantitative estimate of drug-likeness (QED) is 0.838. The van der Waals surface area contributed by atoms with Gasteiger partial charge >= 0.3 is 0 Å². The van der Waals surface area contributed by atoms with Crippen LogP contribution in [0.1, 0.15) is 37.7 Å². The van der Waals surface area contributed by atoms with Crippen LogP contribution in [0.4, 0.5) is 0 Å². The van der Waals surface area contributed by atoms with Gasteiger partial charge in [-0.05, 0) is 43.9 Å². The van der Waals surface area contributed by atoms with E-state index in [1.807, 2.05) is 25.1 Å². The zero-order valence-corrected chi connectivity index (χ0v) is 11.2. The Balaban J connectivity index is 2.12. The molecule has 0 bridgehead atoms. The number of methoxy groups -OCH3 is 1. The van der Waals surface area contributed by atoms with Crippen molar-refractivity contribution in [2.75, 3.05) is 7.11 Å². The molecule has 0 heterocycles. The van der Waals surface area contributed by atoms with Gasteiger partial charge < -0.3 is 14.6 Å². The number of ether oxygens (including phenoxy) is 2. The average molecular weight is 250 g/mol. The van der Waals surface area contributed by atoms with Gasteiger partial charge in [0, 0.05) is 0 Å². The minimum atomic E-state index is -0.362. The largest absolute Gasteiger partial charge is 0.493 e. The first-order valence-electron chi connectivity index (χ1n) is 6.70. The van der Waals surface area contributed by atoms with Gasteiger partial charge in [0.1, 0.15) is 6.10 Å². The highest BCUT2D eigenvalue weighted by Gasteiger charge is 2.24. The normalized spacial score (nSPS) is 24.4. The van der Waals surface area contributed by atoms with Crippen molar-refractivity contribution in [3.05, 3.63) is 23.8 Å². The van der Waals surface area contributed by atoms with Gasteiger partial charge in [0.05, 0.1) is 13.2 Å². The smallest absolute Gasteiger partial charge is 0.161 e. The minimum absolute atomic E-state index is 0.107. The van der Waals surface area contributed by atoms with Gasteiger partial charge in [-0.1, -0.05) is 18.9 Å². The number of benzene rings is 1. The van der Waals surface area contributed by atoms with E-state index < -0.39 is 0 Å². The molecule has 3 heteroatoms. The Morgan fingerprint density at radius 2 is 1.89 bits per heavy atom. The lowest BCUT2D eigenvalue weighted by Gasteiger charge is -2.23. The summed E-state index contributed by atoms with van der Waals surface area (Å²) in [6, 6.07) is 5.88. The molecule has 0 saturated heterocycles. The molecule has 2 atom stereocenters. The molecule has 1 saturated carbocycles. The molecular formula is C15H22O3. The van der Waals surface area contributed by atoms with Crippen molar-refractivity contribution in [3.63, 3.8) is 0 Å². The van der Waals surface area contributed by atoms with E-state index in [0.717, 1.165) is 42.7 Å². The fourth-order valence-electron chi connectivity index (χ4n) is 2.43. The molecule has 0 aromatic heterocycles. The highest BCUT2D eigenvalue weighted by molar-refractivity contribution is 5.42. The van der Waals surface area contributed by atoms with E-state index >= 15 is 0 Å². The van der Waals surface area contributed by atoms with E-state index in [-0.39, 0.29) is 12.2 Å². The van der Waals surface area contributed by atoms with Crippen molar-refractivity contribution in [3.8, 4) is 11.5 Å². The van der Waals surface area contributed by atoms with Crippen LogP contribution in [0, 0.1) is 6.92 Å². The Kier molecular flexibility index (Phi) is 4.48. The molecule has 1 aliphatic carbocycles. The highest BCUT2D eigenvalue weighted by atomic mass is 16.5. The second kappa shape index (κ2) is 6.10. The maximum atomic E-state index is 10.1. The lowest BCUT2D eigenvalue weighted by atomic mass is 10.1. The van der Waals surface area contributed by atoms with Crippen LogP contribution in [-0.2, 0) is 0 Å². The van der Waals surface area contributed by atoms with Crippen LogP contribution in [0.5, 0.6) is 11.5 Å². The van der Waals surface area contributed by atoms with E-state index in [2.05, 4.69) is 0 Å². The first-order valence-corrected chi connectivity index (χ1v) is 6.70. The fraction of sp³-hybridized carbons (Fsp3) is 0.600. The molecule has 18 heavy (non-hydrogen) atoms. The predicted molar refractivity (Wildman–Crippen MR) is 71.2 cm³/mol. The second-order valence-electron chi connectivity index (χ2n) is 5.02. The molecular weight excluding hydrogens is 228 g/mol. The van der Waals surface area contributed by atoms with Gasteiger partial charge in [0.25, 0.3) is 0 Å². The maximum absolute atomic E-state index is 10.1. The molecule has 100 valence electrons. The van der Waals surface area contributed by atoms with E-state index in [1.54, 1.807) is 7.11 Å². The Labute approximate surface area is 109 Å². The van der Waals surface area contributed by atoms with Crippen LogP contribution in [0.2, 0.25) is 0 Å². The van der Waals surface area contributed by atoms with Gasteiger partial charge in [-0.15, -0.1) is 0 Å². The van der Waals surface area contributed by atoms with E-state index in [0.29, 0.717) is 0 Å². The lowest BCUT2D eigenvalue weighted by molar-refractivity contribution is 0.0305. The molecule has 1 aromatic rings. The number of aliphatic hydroxyl groups is 1. The summed E-state index contributed by atoms with van der Waals surface area (Å²) in [4.78, 5) is 0. The number of hydrogen-bond donors (Lipinski definition) is 1. The number of aryl methyl sites for hydroxylation is 1. The SMILES string of the molecule is COc1cc(C)ccc1OC1CCCCCC1O. The van der Waals surface area contributed by atoms with E-state index in [9.17, 15) is 5.11 Å². The summed E-state index contributed by atoms with van der Waals surface area (Å²) in [5.74, 6) is 1.47. The van der Waals surface area contributed by atoms with Crippen molar-refractivity contribution in [1.82, 2.24) is 0 Å². The third-order valence-corrected chi connectivity index (χ3v) is 3.52. The molecule has 0 aliphatic heterocycles. The van der Waals surface area contributed by atoms with Crippen molar-refractivity contribution in [2.24, 2.45) is 0 Å². The lowest BCUT2D eigenvalue weighted by Crippen LogP contribution is -2.30. The molecule has 1 aromatic carbocycles. The van der Waals surface area contributed by atoms with Gasteiger partial charge in [0.2, 0.25) is 0 Å². The molecule has 3 nitrogen and oxygen atoms in total. The maximum Gasteiger partial charge on any atom is 0.161 e. The van der Waals surface area contributed by atoms with Crippen molar-refractivity contribution in [2.45, 2.75) is 51.2 Å². The summed E-state index contributed by atoms with van der Waals surface area (Å²) < 4.78 is 11.3. The summed E-state index contributed by atoms with van der Waals surface area (Å²) in [5.41, 5.74) is 1.14. The van der Waals surface area contributed by atoms with Crippen LogP contribution >= 0.6 is 0 Å². The molecule has 0 spiro atoms. The summed E-state index contributed by atoms with van der Waals surface area (Å²) in [6.45, 7) is 2.02. The molecule has 1 fully saturated rings. The molecule has 0 radical (unpaired) electrons. The predicted octanol–water partition coefficient (Wildman–Crippen LogP) is 3.08. The summed E-state index contributed by atoms with van der Waals surface area (Å²) in [6.07, 6.45) is 4.67. The van der Waals surface area contributed by atoms with E-state index in [4.69, 9.17) is 9.47 Å². The Morgan fingerprint density at radius 1 is 1.11 bits per heavy atom. The monoisotopic (exact) mass is 250 g/mol. The Morgan fingerprint density at radius 3 is 2.67 bits per heavy atom. The van der Waals surface area contributed by atoms with Crippen molar-refractivity contribution >= 4 is 0 Å². The topological polar surface area (TPSA) is 38.7 Å². The first kappa shape index (κ1) is 13.2. The van der Waals surface area contributed by atoms with Crippen LogP contribution < -0.4 is 9.47 Å². The van der Waals surface area contributed by atoms with Crippen molar-refractivity contribution in [1.29, 1.82) is 0 Å². The molecule has 2 unspecified atom stereocenters. The standard InChI is InChI=1S/C15H22O3/c1-11-8-9-14(15(10-11)17-2)18-13-7-5-3-4-6-12(13)16/h8-10,12-13,16H,3-7H2,1-2H3. The summed E-state index contributed by atoms with van der Waals surface area (Å²) >= 11 is 0. The summed E-state index contributed by atoms with van der Waals surface area (Å²) in [7, 11) is 1.64. The van der Waals surface area contributed by atoms with Crippen LogP contribution in [-0.4, -0.2) is 24.4 Å². The molecule has 1 N–H and O–H groups in total. The first-order chi connectivity index (χ1) is 8.70. The zero-order valence-electron chi connectivity index (χ0n) is 11.2. The minimum Gasteiger partial charge on any atom is -0.493 e. The number of hydrogen-bond acceptors (Lipinski definition) is 3. The summed E-state index contributed by atoms with van der Waals surface area (Å²) in [5, 5.41) is 10.1. The third kappa shape index (κ3) is 3.16. The third-order valence-electron chi connectivity index (χ3n) is 3.52. The van der Waals surface area contributed by atoms with Crippen molar-refractivity contribution < 1.29 is 14.6 Å². The number of rotatable bonds is 3. The average Bonchev–Trinajstić information content (AvgIpc) is 2.57. The fourth-order valence-corrected chi connectivity index (χ4v) is 2.43. The van der Waals surface area contributed by atoms with Gasteiger partial charge in [-0.25, -0.2) is 0 Å². The highest BCUT2D eigenvalue weighted by Crippen LogP contribution is 2.31. The van der Waals surface area contributed by atoms with Gasteiger partial charge in [-0.3, -0.25) is 0 Å². The molecule has 0 amide bonds. The Bertz CT molecular complexity index is 389. The molecule has 1 aliphatic rings. The van der Waals surface area contributed by atoms with Crippen LogP contribution in [0.15, 0.2) is 18.2 Å². The van der Waals surface area contributed by atoms with Gasteiger partial charge in [0.15, 0.2) is 11.5 Å². The molecule has 2 rings (SSSR count). The van der Waals surface area contributed by atoms with Crippen LogP contribution in [0.3, 0.4) is 0 Å². The van der Waals surface area contributed by atoms with Crippen LogP contribution in [0.25, 0.3) is 0 Å². The zero-order chi connectivity index (χ0) is 13.0. The number of aliphatic hydroxyl groups excluding tert-OH is 1. The van der Waals surface area contributed by atoms with Gasteiger partial charge in [-0.2, -0.15) is 0 Å². The Hall–Kier alpha value is -1.22. The second-order valence-corrected chi connectivity index (χ2v) is 5.02.